The predicted molar refractivity (Wildman–Crippen MR) is 208 cm³/mol. The van der Waals surface area contributed by atoms with E-state index in [1.807, 2.05) is 48.5 Å². The average molecular weight is 855 g/mol. The standard InChI is InChI=1S/C25H18NO.C20H26NSi.Ir/c1-16-11-12-19-20-9-6-10-21(25(20)27-24(19)13-16)23-14-22(17(2)15-26-23)18-7-4-3-5-8-18;1-22(2,3)20-15-21-19(17-11-5-4-6-12-17)14-18(20)13-16-9-7-8-10-16;/h3-9,11-15H,1-2H3;4-6,11,14-16H,7-10,13H2,1-3H3;/q2*-1;/i1D3,2D3;;. The Morgan fingerprint density at radius 2 is 1.60 bits per heavy atom. The number of hydrogen-bond donors (Lipinski definition) is 0. The monoisotopic (exact) mass is 855 g/mol. The molecule has 0 aliphatic heterocycles. The average Bonchev–Trinajstić information content (AvgIpc) is 3.82. The van der Waals surface area contributed by atoms with Gasteiger partial charge in [-0.15, -0.1) is 54.1 Å². The van der Waals surface area contributed by atoms with Crippen molar-refractivity contribution in [1.29, 1.82) is 0 Å². The van der Waals surface area contributed by atoms with E-state index < -0.39 is 21.8 Å². The van der Waals surface area contributed by atoms with Crippen molar-refractivity contribution in [3.8, 4) is 33.6 Å². The molecule has 0 bridgehead atoms. The van der Waals surface area contributed by atoms with Crippen LogP contribution < -0.4 is 5.19 Å². The summed E-state index contributed by atoms with van der Waals surface area (Å²) in [7, 11) is -1.35. The first-order valence-electron chi connectivity index (χ1n) is 20.1. The summed E-state index contributed by atoms with van der Waals surface area (Å²) in [5.74, 6) is 0.880. The first kappa shape index (κ1) is 28.5. The van der Waals surface area contributed by atoms with Crippen LogP contribution in [0.3, 0.4) is 0 Å². The molecule has 1 radical (unpaired) electrons. The molecule has 7 aromatic rings. The number of nitrogens with zero attached hydrogens (tertiary/aromatic N) is 2. The smallest absolute Gasteiger partial charge is 0.121 e. The minimum Gasteiger partial charge on any atom is -0.501 e. The molecule has 4 aromatic carbocycles. The number of aromatic nitrogens is 2. The Morgan fingerprint density at radius 1 is 0.800 bits per heavy atom. The van der Waals surface area contributed by atoms with Crippen molar-refractivity contribution in [1.82, 2.24) is 9.97 Å². The number of aryl methyl sites for hydroxylation is 2. The molecule has 3 aromatic heterocycles. The van der Waals surface area contributed by atoms with Crippen LogP contribution in [0.4, 0.5) is 0 Å². The second-order valence-corrected chi connectivity index (χ2v) is 19.0. The van der Waals surface area contributed by atoms with Gasteiger partial charge < -0.3 is 14.4 Å². The molecule has 0 atom stereocenters. The van der Waals surface area contributed by atoms with Crippen molar-refractivity contribution >= 4 is 35.2 Å². The van der Waals surface area contributed by atoms with Crippen LogP contribution in [0.25, 0.3) is 55.6 Å². The van der Waals surface area contributed by atoms with Crippen LogP contribution in [0.2, 0.25) is 19.6 Å². The van der Waals surface area contributed by atoms with Crippen LogP contribution in [-0.4, -0.2) is 18.0 Å². The molecule has 1 saturated carbocycles. The quantitative estimate of drug-likeness (QED) is 0.124. The maximum Gasteiger partial charge on any atom is 0.121 e. The van der Waals surface area contributed by atoms with Gasteiger partial charge in [0.1, 0.15) is 5.58 Å². The molecule has 0 spiro atoms. The molecule has 1 aliphatic carbocycles. The maximum absolute atomic E-state index is 7.93. The molecule has 1 aliphatic rings. The summed E-state index contributed by atoms with van der Waals surface area (Å²) in [5, 5.41) is 3.13. The van der Waals surface area contributed by atoms with Crippen molar-refractivity contribution in [2.45, 2.75) is 65.4 Å². The van der Waals surface area contributed by atoms with Gasteiger partial charge in [-0.25, -0.2) is 0 Å². The SMILES string of the molecule is C[Si](C)(C)c1cnc(-c2[c-]cccc2)cc1CC1CCCC1.[2H]C([2H])([2H])c1ccc2c(c1)oc1c(-c3cc(-c4ccccc4)c(C([2H])([2H])[2H])cn3)[c-]ccc12.[Ir]. The van der Waals surface area contributed by atoms with Crippen molar-refractivity contribution in [3.63, 3.8) is 0 Å². The zero-order valence-electron chi connectivity index (χ0n) is 34.6. The second-order valence-electron chi connectivity index (χ2n) is 14.0. The normalized spacial score (nSPS) is 15.5. The third kappa shape index (κ3) is 7.76. The summed E-state index contributed by atoms with van der Waals surface area (Å²) < 4.78 is 52.9. The van der Waals surface area contributed by atoms with Crippen LogP contribution in [0.15, 0.2) is 114 Å². The largest absolute Gasteiger partial charge is 0.501 e. The Bertz CT molecular complexity index is 2430. The summed E-state index contributed by atoms with van der Waals surface area (Å²) in [6.07, 6.45) is 10.4. The van der Waals surface area contributed by atoms with Gasteiger partial charge in [-0.3, -0.25) is 0 Å². The molecule has 5 heteroatoms. The second kappa shape index (κ2) is 15.4. The van der Waals surface area contributed by atoms with Gasteiger partial charge in [0.25, 0.3) is 0 Å². The zero-order chi connectivity index (χ0) is 39.0. The number of fused-ring (bicyclic) bond motifs is 3. The van der Waals surface area contributed by atoms with Crippen LogP contribution in [0.5, 0.6) is 0 Å². The molecule has 3 heterocycles. The van der Waals surface area contributed by atoms with E-state index in [0.29, 0.717) is 28.0 Å². The minimum absolute atomic E-state index is 0. The molecule has 255 valence electrons. The Labute approximate surface area is 320 Å². The van der Waals surface area contributed by atoms with E-state index in [9.17, 15) is 0 Å². The van der Waals surface area contributed by atoms with E-state index in [2.05, 4.69) is 61.2 Å². The Balaban J connectivity index is 0.000000202. The number of rotatable bonds is 6. The molecule has 50 heavy (non-hydrogen) atoms. The summed E-state index contributed by atoms with van der Waals surface area (Å²) >= 11 is 0. The van der Waals surface area contributed by atoms with Gasteiger partial charge in [0.05, 0.1) is 13.7 Å². The molecule has 0 saturated heterocycles. The van der Waals surface area contributed by atoms with Crippen LogP contribution in [-0.2, 0) is 26.5 Å². The van der Waals surface area contributed by atoms with Gasteiger partial charge >= 0.3 is 0 Å². The molecule has 0 N–H and O–H groups in total. The van der Waals surface area contributed by atoms with Crippen LogP contribution in [0, 0.1) is 31.8 Å². The molecule has 8 rings (SSSR count). The van der Waals surface area contributed by atoms with Gasteiger partial charge in [0.15, 0.2) is 0 Å². The summed E-state index contributed by atoms with van der Waals surface area (Å²) in [4.78, 5) is 9.19. The Morgan fingerprint density at radius 3 is 2.34 bits per heavy atom. The van der Waals surface area contributed by atoms with Gasteiger partial charge in [-0.05, 0) is 70.9 Å². The van der Waals surface area contributed by atoms with Gasteiger partial charge in [-0.1, -0.05) is 116 Å². The molecular formula is C45H44IrN2OSi-2. The van der Waals surface area contributed by atoms with Crippen LogP contribution in [0.1, 0.15) is 50.6 Å². The molecular weight excluding hydrogens is 805 g/mol. The number of benzene rings is 4. The molecule has 3 nitrogen and oxygen atoms in total. The van der Waals surface area contributed by atoms with Crippen molar-refractivity contribution in [2.75, 3.05) is 0 Å². The number of furan rings is 1. The third-order valence-electron chi connectivity index (χ3n) is 9.44. The first-order chi connectivity index (χ1) is 26.2. The third-order valence-corrected chi connectivity index (χ3v) is 11.5. The van der Waals surface area contributed by atoms with Gasteiger partial charge in [0.2, 0.25) is 0 Å². The van der Waals surface area contributed by atoms with E-state index in [0.717, 1.165) is 33.5 Å². The van der Waals surface area contributed by atoms with E-state index in [1.165, 1.54) is 44.4 Å². The molecule has 1 fully saturated rings. The zero-order valence-corrected chi connectivity index (χ0v) is 32.0. The molecule has 0 amide bonds. The van der Waals surface area contributed by atoms with Crippen molar-refractivity contribution < 1.29 is 32.7 Å². The van der Waals surface area contributed by atoms with E-state index in [-0.39, 0.29) is 31.2 Å². The number of hydrogen-bond acceptors (Lipinski definition) is 3. The Kier molecular flexibility index (Phi) is 8.78. The van der Waals surface area contributed by atoms with E-state index >= 15 is 0 Å². The van der Waals surface area contributed by atoms with E-state index in [4.69, 9.17) is 17.6 Å². The predicted octanol–water partition coefficient (Wildman–Crippen LogP) is 11.6. The first-order valence-corrected chi connectivity index (χ1v) is 20.6. The summed E-state index contributed by atoms with van der Waals surface area (Å²) in [6.45, 7) is 2.72. The summed E-state index contributed by atoms with van der Waals surface area (Å²) in [5.41, 5.74) is 7.50. The maximum atomic E-state index is 7.93. The summed E-state index contributed by atoms with van der Waals surface area (Å²) in [6, 6.07) is 36.5. The molecule has 0 unspecified atom stereocenters. The van der Waals surface area contributed by atoms with Gasteiger partial charge in [-0.2, -0.15) is 0 Å². The van der Waals surface area contributed by atoms with Crippen molar-refractivity contribution in [2.24, 2.45) is 5.92 Å². The van der Waals surface area contributed by atoms with Crippen LogP contribution >= 0.6 is 0 Å². The topological polar surface area (TPSA) is 38.9 Å². The number of pyridine rings is 2. The van der Waals surface area contributed by atoms with Gasteiger partial charge in [0, 0.05) is 46.1 Å². The fraction of sp³-hybridized carbons (Fsp3) is 0.244. The fourth-order valence-electron chi connectivity index (χ4n) is 6.95. The van der Waals surface area contributed by atoms with Crippen molar-refractivity contribution in [3.05, 3.63) is 138 Å². The Hall–Kier alpha value is -4.15. The fourth-order valence-corrected chi connectivity index (χ4v) is 8.54. The van der Waals surface area contributed by atoms with E-state index in [1.54, 1.807) is 35.0 Å². The minimum atomic E-state index is -2.32.